The second-order valence-corrected chi connectivity index (χ2v) is 9.25. The highest BCUT2D eigenvalue weighted by Gasteiger charge is 2.23. The van der Waals surface area contributed by atoms with E-state index >= 15 is 0 Å². The number of nitrogens with zero attached hydrogens (tertiary/aromatic N) is 2. The molecule has 3 amide bonds. The lowest BCUT2D eigenvalue weighted by Gasteiger charge is -2.22. The van der Waals surface area contributed by atoms with Crippen molar-refractivity contribution in [2.24, 2.45) is 0 Å². The van der Waals surface area contributed by atoms with Crippen LogP contribution in [0.4, 0.5) is 16.2 Å². The van der Waals surface area contributed by atoms with Crippen LogP contribution < -0.4 is 14.9 Å². The first kappa shape index (κ1) is 21.6. The van der Waals surface area contributed by atoms with Crippen LogP contribution >= 0.6 is 0 Å². The molecule has 1 aliphatic heterocycles. The van der Waals surface area contributed by atoms with Crippen LogP contribution in [0.15, 0.2) is 59.5 Å². The van der Waals surface area contributed by atoms with Crippen molar-refractivity contribution in [3.8, 4) is 0 Å². The smallest absolute Gasteiger partial charge is 0.319 e. The average Bonchev–Trinajstić information content (AvgIpc) is 3.12. The summed E-state index contributed by atoms with van der Waals surface area (Å²) in [5.41, 5.74) is 0.901. The highest BCUT2D eigenvalue weighted by Crippen LogP contribution is 2.23. The molecule has 1 saturated heterocycles. The average molecular weight is 431 g/mol. The number of rotatable bonds is 7. The largest absolute Gasteiger partial charge is 0.341 e. The fourth-order valence-electron chi connectivity index (χ4n) is 3.33. The van der Waals surface area contributed by atoms with Gasteiger partial charge in [-0.05, 0) is 43.7 Å². The van der Waals surface area contributed by atoms with E-state index in [1.807, 2.05) is 13.0 Å². The van der Waals surface area contributed by atoms with E-state index in [9.17, 15) is 18.0 Å². The third-order valence-electron chi connectivity index (χ3n) is 4.91. The van der Waals surface area contributed by atoms with Crippen LogP contribution in [0.1, 0.15) is 19.8 Å². The molecule has 9 heteroatoms. The summed E-state index contributed by atoms with van der Waals surface area (Å²) in [4.78, 5) is 25.8. The molecule has 160 valence electrons. The number of para-hydroxylation sites is 1. The van der Waals surface area contributed by atoms with Gasteiger partial charge in [0.2, 0.25) is 5.91 Å². The molecule has 0 unspecified atom stereocenters. The van der Waals surface area contributed by atoms with E-state index in [0.717, 1.165) is 6.42 Å². The number of sulfonamides is 1. The molecule has 1 heterocycles. The molecule has 0 bridgehead atoms. The summed E-state index contributed by atoms with van der Waals surface area (Å²) in [5, 5.41) is 5.44. The molecule has 0 aliphatic carbocycles. The summed E-state index contributed by atoms with van der Waals surface area (Å²) in [6.45, 7) is 2.98. The van der Waals surface area contributed by atoms with E-state index in [1.165, 1.54) is 23.5 Å². The van der Waals surface area contributed by atoms with Crippen molar-refractivity contribution < 1.29 is 18.0 Å². The SMILES string of the molecule is C[C@H](CN1CCCC1=O)NC(=O)Nc1cccc(S(=O)(=O)N(C)c2ccccc2)c1. The first-order valence-electron chi connectivity index (χ1n) is 9.77. The van der Waals surface area contributed by atoms with Crippen LogP contribution in [-0.4, -0.2) is 51.4 Å². The number of hydrogen-bond acceptors (Lipinski definition) is 4. The number of likely N-dealkylation sites (tertiary alicyclic amines) is 1. The van der Waals surface area contributed by atoms with Gasteiger partial charge in [0.25, 0.3) is 10.0 Å². The number of carbonyl (C=O) groups excluding carboxylic acids is 2. The number of urea groups is 1. The maximum Gasteiger partial charge on any atom is 0.319 e. The number of carbonyl (C=O) groups is 2. The Balaban J connectivity index is 1.64. The van der Waals surface area contributed by atoms with Gasteiger partial charge in [-0.3, -0.25) is 9.10 Å². The van der Waals surface area contributed by atoms with E-state index in [-0.39, 0.29) is 16.8 Å². The summed E-state index contributed by atoms with van der Waals surface area (Å²) in [6, 6.07) is 14.2. The minimum absolute atomic E-state index is 0.0716. The van der Waals surface area contributed by atoms with Crippen LogP contribution in [0.25, 0.3) is 0 Å². The zero-order chi connectivity index (χ0) is 21.7. The van der Waals surface area contributed by atoms with Gasteiger partial charge in [-0.2, -0.15) is 0 Å². The lowest BCUT2D eigenvalue weighted by Crippen LogP contribution is -2.44. The number of hydrogen-bond donors (Lipinski definition) is 2. The van der Waals surface area contributed by atoms with Crippen molar-refractivity contribution in [3.63, 3.8) is 0 Å². The molecular weight excluding hydrogens is 404 g/mol. The third kappa shape index (κ3) is 5.10. The van der Waals surface area contributed by atoms with Gasteiger partial charge in [0.05, 0.1) is 10.6 Å². The normalized spacial score (nSPS) is 15.0. The highest BCUT2D eigenvalue weighted by atomic mass is 32.2. The maximum absolute atomic E-state index is 12.9. The number of benzene rings is 2. The molecule has 2 aromatic carbocycles. The Bertz CT molecular complexity index is 1010. The Morgan fingerprint density at radius 3 is 2.57 bits per heavy atom. The first-order chi connectivity index (χ1) is 14.3. The van der Waals surface area contributed by atoms with Gasteiger partial charge >= 0.3 is 6.03 Å². The van der Waals surface area contributed by atoms with Crippen molar-refractivity contribution in [1.29, 1.82) is 0 Å². The van der Waals surface area contributed by atoms with Crippen LogP contribution in [0.2, 0.25) is 0 Å². The van der Waals surface area contributed by atoms with Crippen molar-refractivity contribution in [1.82, 2.24) is 10.2 Å². The molecule has 2 aromatic rings. The highest BCUT2D eigenvalue weighted by molar-refractivity contribution is 7.92. The quantitative estimate of drug-likeness (QED) is 0.705. The van der Waals surface area contributed by atoms with E-state index in [0.29, 0.717) is 30.9 Å². The molecule has 3 rings (SSSR count). The summed E-state index contributed by atoms with van der Waals surface area (Å²) >= 11 is 0. The summed E-state index contributed by atoms with van der Waals surface area (Å²) < 4.78 is 27.1. The summed E-state index contributed by atoms with van der Waals surface area (Å²) in [6.07, 6.45) is 1.40. The number of amides is 3. The Morgan fingerprint density at radius 1 is 1.17 bits per heavy atom. The fourth-order valence-corrected chi connectivity index (χ4v) is 4.58. The Labute approximate surface area is 176 Å². The fraction of sp³-hybridized carbons (Fsp3) is 0.333. The van der Waals surface area contributed by atoms with Crippen molar-refractivity contribution in [2.45, 2.75) is 30.7 Å². The second kappa shape index (κ2) is 9.17. The molecule has 1 atom stereocenters. The molecule has 0 saturated carbocycles. The van der Waals surface area contributed by atoms with Gasteiger partial charge in [0.15, 0.2) is 0 Å². The first-order valence-corrected chi connectivity index (χ1v) is 11.2. The van der Waals surface area contributed by atoms with Gasteiger partial charge in [-0.25, -0.2) is 13.2 Å². The topological polar surface area (TPSA) is 98.8 Å². The zero-order valence-corrected chi connectivity index (χ0v) is 17.9. The van der Waals surface area contributed by atoms with E-state index in [2.05, 4.69) is 10.6 Å². The van der Waals surface area contributed by atoms with E-state index in [4.69, 9.17) is 0 Å². The summed E-state index contributed by atoms with van der Waals surface area (Å²) in [5.74, 6) is 0.101. The lowest BCUT2D eigenvalue weighted by atomic mass is 10.3. The Kier molecular flexibility index (Phi) is 6.61. The molecule has 0 aromatic heterocycles. The molecule has 30 heavy (non-hydrogen) atoms. The Hall–Kier alpha value is -3.07. The van der Waals surface area contributed by atoms with Gasteiger partial charge in [0.1, 0.15) is 0 Å². The Morgan fingerprint density at radius 2 is 1.90 bits per heavy atom. The summed E-state index contributed by atoms with van der Waals surface area (Å²) in [7, 11) is -2.29. The molecule has 2 N–H and O–H groups in total. The predicted molar refractivity (Wildman–Crippen MR) is 116 cm³/mol. The third-order valence-corrected chi connectivity index (χ3v) is 6.69. The lowest BCUT2D eigenvalue weighted by molar-refractivity contribution is -0.127. The van der Waals surface area contributed by atoms with Crippen LogP contribution in [0.5, 0.6) is 0 Å². The van der Waals surface area contributed by atoms with Crippen molar-refractivity contribution in [2.75, 3.05) is 29.8 Å². The molecule has 0 spiro atoms. The van der Waals surface area contributed by atoms with Gasteiger partial charge in [0, 0.05) is 38.3 Å². The maximum atomic E-state index is 12.9. The van der Waals surface area contributed by atoms with Crippen LogP contribution in [-0.2, 0) is 14.8 Å². The van der Waals surface area contributed by atoms with Gasteiger partial charge in [-0.15, -0.1) is 0 Å². The van der Waals surface area contributed by atoms with E-state index in [1.54, 1.807) is 41.3 Å². The van der Waals surface area contributed by atoms with Crippen LogP contribution in [0, 0.1) is 0 Å². The van der Waals surface area contributed by atoms with Gasteiger partial charge < -0.3 is 15.5 Å². The molecule has 1 aliphatic rings. The van der Waals surface area contributed by atoms with Crippen molar-refractivity contribution >= 4 is 33.3 Å². The minimum Gasteiger partial charge on any atom is -0.341 e. The monoisotopic (exact) mass is 430 g/mol. The molecule has 0 radical (unpaired) electrons. The zero-order valence-electron chi connectivity index (χ0n) is 17.0. The molecule has 8 nitrogen and oxygen atoms in total. The van der Waals surface area contributed by atoms with E-state index < -0.39 is 16.1 Å². The predicted octanol–water partition coefficient (Wildman–Crippen LogP) is 2.64. The minimum atomic E-state index is -3.78. The van der Waals surface area contributed by atoms with Crippen LogP contribution in [0.3, 0.4) is 0 Å². The molecular formula is C21H26N4O4S. The molecule has 1 fully saturated rings. The number of nitrogens with one attached hydrogen (secondary N) is 2. The number of anilines is 2. The van der Waals surface area contributed by atoms with Gasteiger partial charge in [-0.1, -0.05) is 24.3 Å². The second-order valence-electron chi connectivity index (χ2n) is 7.28. The van der Waals surface area contributed by atoms with Crippen molar-refractivity contribution in [3.05, 3.63) is 54.6 Å². The standard InChI is InChI=1S/C21H26N4O4S/c1-16(15-25-13-7-12-20(25)26)22-21(27)23-17-8-6-11-19(14-17)30(28,29)24(2)18-9-4-3-5-10-18/h3-6,8-11,14,16H,7,12-13,15H2,1-2H3,(H2,22,23,27)/t16-/m1/s1.